The van der Waals surface area contributed by atoms with Crippen LogP contribution in [0, 0.1) is 0 Å². The number of nitrogens with one attached hydrogen (secondary N) is 1. The summed E-state index contributed by atoms with van der Waals surface area (Å²) in [6.45, 7) is 1.16. The van der Waals surface area contributed by atoms with Gasteiger partial charge in [0.15, 0.2) is 6.61 Å². The highest BCUT2D eigenvalue weighted by Gasteiger charge is 2.18. The molecule has 0 fully saturated rings. The summed E-state index contributed by atoms with van der Waals surface area (Å²) in [5, 5.41) is 2.88. The van der Waals surface area contributed by atoms with Gasteiger partial charge < -0.3 is 9.64 Å². The number of hydrogen-bond donors (Lipinski definition) is 1. The topological polar surface area (TPSA) is 92.8 Å². The van der Waals surface area contributed by atoms with Crippen LogP contribution in [-0.2, 0) is 24.3 Å². The van der Waals surface area contributed by atoms with Crippen LogP contribution in [0.5, 0.6) is 0 Å². The van der Waals surface area contributed by atoms with Gasteiger partial charge in [-0.3, -0.25) is 9.59 Å². The molecule has 0 spiro atoms. The standard InChI is InChI=1S/C24H24N2O5S/c1-2-26(22-14-8-12-20-11-6-7-13-21(20)22)23(27)18-31-24(28)17-25-32(29,30)16-15-19-9-4-3-5-10-19/h3-16,25H,2,17-18H2,1H3/b16-15+. The third-order valence-corrected chi connectivity index (χ3v) is 5.73. The molecule has 0 atom stereocenters. The molecule has 1 N–H and O–H groups in total. The number of carbonyl (C=O) groups is 2. The number of rotatable bonds is 9. The fourth-order valence-electron chi connectivity index (χ4n) is 3.14. The van der Waals surface area contributed by atoms with Crippen molar-refractivity contribution < 1.29 is 22.7 Å². The summed E-state index contributed by atoms with van der Waals surface area (Å²) >= 11 is 0. The summed E-state index contributed by atoms with van der Waals surface area (Å²) in [6, 6.07) is 22.2. The monoisotopic (exact) mass is 452 g/mol. The number of anilines is 1. The number of fused-ring (bicyclic) bond motifs is 1. The highest BCUT2D eigenvalue weighted by Crippen LogP contribution is 2.26. The van der Waals surface area contributed by atoms with Gasteiger partial charge in [-0.15, -0.1) is 0 Å². The van der Waals surface area contributed by atoms with Crippen LogP contribution < -0.4 is 9.62 Å². The van der Waals surface area contributed by atoms with Crippen molar-refractivity contribution in [1.82, 2.24) is 4.72 Å². The van der Waals surface area contributed by atoms with E-state index in [1.807, 2.05) is 55.5 Å². The minimum absolute atomic E-state index is 0.390. The third kappa shape index (κ3) is 6.26. The summed E-state index contributed by atoms with van der Waals surface area (Å²) in [5.41, 5.74) is 1.43. The largest absolute Gasteiger partial charge is 0.455 e. The van der Waals surface area contributed by atoms with Crippen LogP contribution in [0.25, 0.3) is 16.8 Å². The van der Waals surface area contributed by atoms with Crippen molar-refractivity contribution >= 4 is 44.4 Å². The molecular formula is C24H24N2O5S. The highest BCUT2D eigenvalue weighted by molar-refractivity contribution is 7.92. The van der Waals surface area contributed by atoms with E-state index in [1.165, 1.54) is 11.0 Å². The van der Waals surface area contributed by atoms with E-state index < -0.39 is 35.1 Å². The number of hydrogen-bond acceptors (Lipinski definition) is 5. The van der Waals surface area contributed by atoms with Crippen molar-refractivity contribution in [2.45, 2.75) is 6.92 Å². The number of carbonyl (C=O) groups excluding carboxylic acids is 2. The van der Waals surface area contributed by atoms with E-state index >= 15 is 0 Å². The van der Waals surface area contributed by atoms with E-state index in [4.69, 9.17) is 4.74 Å². The van der Waals surface area contributed by atoms with Crippen LogP contribution in [0.15, 0.2) is 78.2 Å². The van der Waals surface area contributed by atoms with Crippen molar-refractivity contribution in [3.05, 3.63) is 83.8 Å². The Morgan fingerprint density at radius 1 is 0.969 bits per heavy atom. The zero-order valence-corrected chi connectivity index (χ0v) is 18.4. The van der Waals surface area contributed by atoms with Crippen LogP contribution >= 0.6 is 0 Å². The fourth-order valence-corrected chi connectivity index (χ4v) is 3.89. The molecule has 3 rings (SSSR count). The molecule has 0 saturated heterocycles. The van der Waals surface area contributed by atoms with Gasteiger partial charge in [0, 0.05) is 17.3 Å². The molecule has 0 bridgehead atoms. The van der Waals surface area contributed by atoms with Crippen LogP contribution in [0.1, 0.15) is 12.5 Å². The Morgan fingerprint density at radius 3 is 2.41 bits per heavy atom. The van der Waals surface area contributed by atoms with Crippen molar-refractivity contribution in [3.63, 3.8) is 0 Å². The number of nitrogens with zero attached hydrogens (tertiary/aromatic N) is 1. The maximum Gasteiger partial charge on any atom is 0.321 e. The molecule has 0 aliphatic carbocycles. The number of esters is 1. The van der Waals surface area contributed by atoms with Crippen molar-refractivity contribution in [3.8, 4) is 0 Å². The SMILES string of the molecule is CCN(C(=O)COC(=O)CNS(=O)(=O)/C=C/c1ccccc1)c1cccc2ccccc12. The Balaban J connectivity index is 1.55. The zero-order valence-electron chi connectivity index (χ0n) is 17.6. The second-order valence-electron chi connectivity index (χ2n) is 6.88. The average Bonchev–Trinajstić information content (AvgIpc) is 2.81. The molecule has 0 aliphatic heterocycles. The van der Waals surface area contributed by atoms with Crippen LogP contribution in [0.4, 0.5) is 5.69 Å². The first kappa shape index (κ1) is 23.2. The molecule has 0 saturated carbocycles. The number of ether oxygens (including phenoxy) is 1. The lowest BCUT2D eigenvalue weighted by molar-refractivity contribution is -0.146. The van der Waals surface area contributed by atoms with Crippen LogP contribution in [-0.4, -0.2) is 40.0 Å². The molecule has 32 heavy (non-hydrogen) atoms. The maximum atomic E-state index is 12.7. The highest BCUT2D eigenvalue weighted by atomic mass is 32.2. The molecule has 0 radical (unpaired) electrons. The summed E-state index contributed by atoms with van der Waals surface area (Å²) in [7, 11) is -3.83. The van der Waals surface area contributed by atoms with Gasteiger partial charge in [0.1, 0.15) is 6.54 Å². The second kappa shape index (κ2) is 10.7. The summed E-state index contributed by atoms with van der Waals surface area (Å²) in [6.07, 6.45) is 1.42. The lowest BCUT2D eigenvalue weighted by atomic mass is 10.1. The normalized spacial score (nSPS) is 11.5. The number of sulfonamides is 1. The number of amides is 1. The average molecular weight is 453 g/mol. The summed E-state index contributed by atoms with van der Waals surface area (Å²) in [5.74, 6) is -1.24. The maximum absolute atomic E-state index is 12.7. The molecule has 166 valence electrons. The lowest BCUT2D eigenvalue weighted by Gasteiger charge is -2.22. The van der Waals surface area contributed by atoms with Gasteiger partial charge in [-0.25, -0.2) is 13.1 Å². The Labute approximate surface area is 187 Å². The van der Waals surface area contributed by atoms with E-state index in [0.29, 0.717) is 12.1 Å². The van der Waals surface area contributed by atoms with Gasteiger partial charge in [0.05, 0.1) is 5.69 Å². The molecule has 8 heteroatoms. The molecule has 0 aromatic heterocycles. The smallest absolute Gasteiger partial charge is 0.321 e. The Hall–Kier alpha value is -3.49. The van der Waals surface area contributed by atoms with Crippen molar-refractivity contribution in [2.24, 2.45) is 0 Å². The van der Waals surface area contributed by atoms with Crippen molar-refractivity contribution in [1.29, 1.82) is 0 Å². The summed E-state index contributed by atoms with van der Waals surface area (Å²) in [4.78, 5) is 26.2. The Kier molecular flexibility index (Phi) is 7.75. The van der Waals surface area contributed by atoms with Gasteiger partial charge in [-0.1, -0.05) is 66.7 Å². The first-order valence-corrected chi connectivity index (χ1v) is 11.6. The van der Waals surface area contributed by atoms with Crippen LogP contribution in [0.2, 0.25) is 0 Å². The third-order valence-electron chi connectivity index (χ3n) is 4.69. The molecular weight excluding hydrogens is 428 g/mol. The molecule has 0 unspecified atom stereocenters. The molecule has 3 aromatic carbocycles. The minimum Gasteiger partial charge on any atom is -0.455 e. The van der Waals surface area contributed by atoms with Gasteiger partial charge in [-0.2, -0.15) is 0 Å². The number of likely N-dealkylation sites (N-methyl/N-ethyl adjacent to an activating group) is 1. The van der Waals surface area contributed by atoms with E-state index in [-0.39, 0.29) is 0 Å². The lowest BCUT2D eigenvalue weighted by Crippen LogP contribution is -2.36. The second-order valence-corrected chi connectivity index (χ2v) is 8.53. The quantitative estimate of drug-likeness (QED) is 0.503. The molecule has 1 amide bonds. The van der Waals surface area contributed by atoms with Gasteiger partial charge in [0.2, 0.25) is 10.0 Å². The van der Waals surface area contributed by atoms with E-state index in [1.54, 1.807) is 24.3 Å². The fraction of sp³-hybridized carbons (Fsp3) is 0.167. The molecule has 7 nitrogen and oxygen atoms in total. The van der Waals surface area contributed by atoms with Crippen LogP contribution in [0.3, 0.4) is 0 Å². The molecule has 0 heterocycles. The van der Waals surface area contributed by atoms with E-state index in [2.05, 4.69) is 4.72 Å². The van der Waals surface area contributed by atoms with E-state index in [0.717, 1.165) is 21.9 Å². The molecule has 3 aromatic rings. The Bertz CT molecular complexity index is 1220. The zero-order chi connectivity index (χ0) is 23.0. The van der Waals surface area contributed by atoms with Crippen molar-refractivity contribution in [2.75, 3.05) is 24.6 Å². The van der Waals surface area contributed by atoms with E-state index in [9.17, 15) is 18.0 Å². The number of benzene rings is 3. The molecule has 0 aliphatic rings. The van der Waals surface area contributed by atoms with Gasteiger partial charge in [-0.05, 0) is 30.0 Å². The first-order valence-electron chi connectivity index (χ1n) is 10.1. The minimum atomic E-state index is -3.83. The first-order chi connectivity index (χ1) is 15.4. The Morgan fingerprint density at radius 2 is 1.66 bits per heavy atom. The summed E-state index contributed by atoms with van der Waals surface area (Å²) < 4.78 is 31.2. The predicted octanol–water partition coefficient (Wildman–Crippen LogP) is 3.33. The van der Waals surface area contributed by atoms with Gasteiger partial charge >= 0.3 is 5.97 Å². The van der Waals surface area contributed by atoms with Gasteiger partial charge in [0.25, 0.3) is 5.91 Å². The predicted molar refractivity (Wildman–Crippen MR) is 125 cm³/mol.